The Bertz CT molecular complexity index is 486. The highest BCUT2D eigenvalue weighted by atomic mass is 16.4. The molecule has 0 heterocycles. The number of hydrogen-bond donors (Lipinski definition) is 3. The molecule has 2 unspecified atom stereocenters. The fourth-order valence-electron chi connectivity index (χ4n) is 1.53. The average molecular weight is 264 g/mol. The summed E-state index contributed by atoms with van der Waals surface area (Å²) in [6.45, 7) is 7.19. The van der Waals surface area contributed by atoms with Gasteiger partial charge in [-0.05, 0) is 51.0 Å². The third-order valence-corrected chi connectivity index (χ3v) is 3.26. The molecule has 1 aromatic carbocycles. The molecule has 5 heteroatoms. The van der Waals surface area contributed by atoms with E-state index in [2.05, 4.69) is 10.6 Å². The van der Waals surface area contributed by atoms with E-state index in [1.54, 1.807) is 13.8 Å². The lowest BCUT2D eigenvalue weighted by Gasteiger charge is -2.18. The van der Waals surface area contributed by atoms with Crippen molar-refractivity contribution in [1.29, 1.82) is 0 Å². The zero-order valence-corrected chi connectivity index (χ0v) is 11.7. The Hall–Kier alpha value is -2.04. The first kappa shape index (κ1) is 15.0. The van der Waals surface area contributed by atoms with Crippen LogP contribution in [0.5, 0.6) is 0 Å². The first-order chi connectivity index (χ1) is 8.81. The van der Waals surface area contributed by atoms with Crippen molar-refractivity contribution in [3.05, 3.63) is 29.3 Å². The fraction of sp³-hybridized carbons (Fsp3) is 0.429. The van der Waals surface area contributed by atoms with Crippen LogP contribution in [-0.2, 0) is 4.79 Å². The molecule has 0 saturated heterocycles. The first-order valence-corrected chi connectivity index (χ1v) is 6.19. The molecule has 0 aliphatic carbocycles. The minimum Gasteiger partial charge on any atom is -0.481 e. The van der Waals surface area contributed by atoms with E-state index in [1.807, 2.05) is 32.0 Å². The van der Waals surface area contributed by atoms with Gasteiger partial charge in [0.25, 0.3) is 0 Å². The molecule has 2 atom stereocenters. The van der Waals surface area contributed by atoms with Crippen molar-refractivity contribution in [1.82, 2.24) is 5.32 Å². The summed E-state index contributed by atoms with van der Waals surface area (Å²) in [5, 5.41) is 14.2. The van der Waals surface area contributed by atoms with Crippen LogP contribution in [0.4, 0.5) is 10.5 Å². The minimum atomic E-state index is -0.931. The number of rotatable bonds is 4. The second-order valence-corrected chi connectivity index (χ2v) is 4.81. The number of hydrogen-bond acceptors (Lipinski definition) is 2. The van der Waals surface area contributed by atoms with Crippen LogP contribution in [0.25, 0.3) is 0 Å². The van der Waals surface area contributed by atoms with Gasteiger partial charge in [0.2, 0.25) is 0 Å². The van der Waals surface area contributed by atoms with E-state index < -0.39 is 24.0 Å². The van der Waals surface area contributed by atoms with Crippen molar-refractivity contribution in [2.45, 2.75) is 33.7 Å². The van der Waals surface area contributed by atoms with Gasteiger partial charge in [-0.25, -0.2) is 4.79 Å². The predicted octanol–water partition coefficient (Wildman–Crippen LogP) is 2.53. The monoisotopic (exact) mass is 264 g/mol. The van der Waals surface area contributed by atoms with Crippen LogP contribution in [0.15, 0.2) is 18.2 Å². The van der Waals surface area contributed by atoms with Crippen molar-refractivity contribution >= 4 is 17.7 Å². The molecule has 19 heavy (non-hydrogen) atoms. The smallest absolute Gasteiger partial charge is 0.319 e. The summed E-state index contributed by atoms with van der Waals surface area (Å²) in [6, 6.07) is 4.77. The Morgan fingerprint density at radius 2 is 1.79 bits per heavy atom. The SMILES string of the molecule is Cc1ccc(NC(=O)NC(C)C(C)C(=O)O)cc1C. The predicted molar refractivity (Wildman–Crippen MR) is 74.3 cm³/mol. The highest BCUT2D eigenvalue weighted by Crippen LogP contribution is 2.14. The van der Waals surface area contributed by atoms with Gasteiger partial charge < -0.3 is 15.7 Å². The molecule has 0 bridgehead atoms. The maximum Gasteiger partial charge on any atom is 0.319 e. The number of carbonyl (C=O) groups excluding carboxylic acids is 1. The Morgan fingerprint density at radius 1 is 1.16 bits per heavy atom. The zero-order valence-electron chi connectivity index (χ0n) is 11.7. The summed E-state index contributed by atoms with van der Waals surface area (Å²) in [7, 11) is 0. The van der Waals surface area contributed by atoms with Gasteiger partial charge in [-0.15, -0.1) is 0 Å². The molecule has 0 aliphatic heterocycles. The van der Waals surface area contributed by atoms with E-state index in [9.17, 15) is 9.59 Å². The normalized spacial score (nSPS) is 13.5. The number of aliphatic carboxylic acids is 1. The number of carbonyl (C=O) groups is 2. The van der Waals surface area contributed by atoms with Gasteiger partial charge in [0.1, 0.15) is 0 Å². The Balaban J connectivity index is 2.60. The molecule has 0 aliphatic rings. The van der Waals surface area contributed by atoms with Crippen LogP contribution in [0, 0.1) is 19.8 Å². The second-order valence-electron chi connectivity index (χ2n) is 4.81. The number of benzene rings is 1. The lowest BCUT2D eigenvalue weighted by atomic mass is 10.0. The van der Waals surface area contributed by atoms with Crippen LogP contribution < -0.4 is 10.6 Å². The minimum absolute atomic E-state index is 0.399. The van der Waals surface area contributed by atoms with Crippen molar-refractivity contribution in [2.75, 3.05) is 5.32 Å². The second kappa shape index (κ2) is 6.22. The summed E-state index contributed by atoms with van der Waals surface area (Å²) in [5.41, 5.74) is 2.93. The molecule has 5 nitrogen and oxygen atoms in total. The van der Waals surface area contributed by atoms with Gasteiger partial charge in [0.15, 0.2) is 0 Å². The third kappa shape index (κ3) is 4.28. The molecule has 1 aromatic rings. The number of nitrogens with one attached hydrogen (secondary N) is 2. The summed E-state index contributed by atoms with van der Waals surface area (Å²) in [4.78, 5) is 22.5. The molecule has 0 aromatic heterocycles. The van der Waals surface area contributed by atoms with Crippen LogP contribution in [-0.4, -0.2) is 23.1 Å². The van der Waals surface area contributed by atoms with E-state index in [0.29, 0.717) is 5.69 Å². The lowest BCUT2D eigenvalue weighted by molar-refractivity contribution is -0.141. The van der Waals surface area contributed by atoms with Gasteiger partial charge in [0, 0.05) is 11.7 Å². The number of carboxylic acid groups (broad SMARTS) is 1. The van der Waals surface area contributed by atoms with Crippen molar-refractivity contribution in [3.63, 3.8) is 0 Å². The summed E-state index contributed by atoms with van der Waals surface area (Å²) in [6.07, 6.45) is 0. The quantitative estimate of drug-likeness (QED) is 0.782. The topological polar surface area (TPSA) is 78.4 Å². The average Bonchev–Trinajstić information content (AvgIpc) is 2.32. The van der Waals surface area contributed by atoms with Crippen molar-refractivity contribution < 1.29 is 14.7 Å². The van der Waals surface area contributed by atoms with E-state index in [1.165, 1.54) is 0 Å². The Morgan fingerprint density at radius 3 is 2.32 bits per heavy atom. The Labute approximate surface area is 113 Å². The molecule has 3 N–H and O–H groups in total. The number of aryl methyl sites for hydroxylation is 2. The molecule has 1 rings (SSSR count). The van der Waals surface area contributed by atoms with Crippen LogP contribution in [0.2, 0.25) is 0 Å². The molecule has 0 fully saturated rings. The largest absolute Gasteiger partial charge is 0.481 e. The molecule has 0 spiro atoms. The molecule has 2 amide bonds. The highest BCUT2D eigenvalue weighted by Gasteiger charge is 2.20. The van der Waals surface area contributed by atoms with E-state index in [4.69, 9.17) is 5.11 Å². The van der Waals surface area contributed by atoms with Crippen molar-refractivity contribution in [2.24, 2.45) is 5.92 Å². The van der Waals surface area contributed by atoms with Gasteiger partial charge in [0.05, 0.1) is 5.92 Å². The van der Waals surface area contributed by atoms with Crippen LogP contribution >= 0.6 is 0 Å². The lowest BCUT2D eigenvalue weighted by Crippen LogP contribution is -2.42. The van der Waals surface area contributed by atoms with Gasteiger partial charge in [-0.2, -0.15) is 0 Å². The van der Waals surface area contributed by atoms with E-state index >= 15 is 0 Å². The van der Waals surface area contributed by atoms with Gasteiger partial charge in [-0.1, -0.05) is 6.07 Å². The van der Waals surface area contributed by atoms with Gasteiger partial charge in [-0.3, -0.25) is 4.79 Å². The Kier molecular flexibility index (Phi) is 4.92. The van der Waals surface area contributed by atoms with E-state index in [-0.39, 0.29) is 0 Å². The van der Waals surface area contributed by atoms with Crippen LogP contribution in [0.3, 0.4) is 0 Å². The number of anilines is 1. The number of carboxylic acids is 1. The molecule has 104 valence electrons. The molecule has 0 radical (unpaired) electrons. The molecule has 0 saturated carbocycles. The maximum atomic E-state index is 11.7. The highest BCUT2D eigenvalue weighted by molar-refractivity contribution is 5.90. The summed E-state index contributed by atoms with van der Waals surface area (Å²) in [5.74, 6) is -1.57. The fourth-order valence-corrected chi connectivity index (χ4v) is 1.53. The van der Waals surface area contributed by atoms with E-state index in [0.717, 1.165) is 11.1 Å². The van der Waals surface area contributed by atoms with Crippen LogP contribution in [0.1, 0.15) is 25.0 Å². The molecular formula is C14H20N2O3. The first-order valence-electron chi connectivity index (χ1n) is 6.19. The van der Waals surface area contributed by atoms with Crippen molar-refractivity contribution in [3.8, 4) is 0 Å². The third-order valence-electron chi connectivity index (χ3n) is 3.26. The standard InChI is InChI=1S/C14H20N2O3/c1-8-5-6-12(7-9(8)2)16-14(19)15-11(4)10(3)13(17)18/h5-7,10-11H,1-4H3,(H,17,18)(H2,15,16,19). The van der Waals surface area contributed by atoms with Gasteiger partial charge >= 0.3 is 12.0 Å². The molecular weight excluding hydrogens is 244 g/mol. The zero-order chi connectivity index (χ0) is 14.6. The number of urea groups is 1. The summed E-state index contributed by atoms with van der Waals surface area (Å²) < 4.78 is 0. The summed E-state index contributed by atoms with van der Waals surface area (Å²) >= 11 is 0. The number of amides is 2. The maximum absolute atomic E-state index is 11.7.